The topological polar surface area (TPSA) is 75.6 Å². The van der Waals surface area contributed by atoms with Crippen molar-refractivity contribution in [1.29, 1.82) is 0 Å². The van der Waals surface area contributed by atoms with E-state index in [9.17, 15) is 4.79 Å². The summed E-state index contributed by atoms with van der Waals surface area (Å²) < 4.78 is 1.93. The van der Waals surface area contributed by atoms with Crippen LogP contribution in [0.3, 0.4) is 0 Å². The number of rotatable bonds is 5. The molecule has 3 aromatic heterocycles. The highest BCUT2D eigenvalue weighted by Gasteiger charge is 2.20. The summed E-state index contributed by atoms with van der Waals surface area (Å²) in [6.07, 6.45) is 3.73. The molecule has 0 aliphatic carbocycles. The van der Waals surface area contributed by atoms with Crippen LogP contribution in [0.2, 0.25) is 0 Å². The molecule has 24 heavy (non-hydrogen) atoms. The zero-order valence-electron chi connectivity index (χ0n) is 14.6. The van der Waals surface area contributed by atoms with Crippen molar-refractivity contribution in [2.45, 2.75) is 52.7 Å². The van der Waals surface area contributed by atoms with Gasteiger partial charge in [-0.25, -0.2) is 4.98 Å². The Morgan fingerprint density at radius 3 is 2.71 bits per heavy atom. The molecule has 0 aromatic carbocycles. The van der Waals surface area contributed by atoms with Crippen LogP contribution in [0.4, 0.5) is 0 Å². The Morgan fingerprint density at radius 2 is 2.04 bits per heavy atom. The van der Waals surface area contributed by atoms with Crippen molar-refractivity contribution in [3.05, 3.63) is 45.1 Å². The normalized spacial score (nSPS) is 15.5. The van der Waals surface area contributed by atoms with E-state index >= 15 is 0 Å². The molecule has 0 amide bonds. The smallest absolute Gasteiger partial charge is 0.259 e. The Bertz CT molecular complexity index is 896. The largest absolute Gasteiger partial charge is 0.309 e. The van der Waals surface area contributed by atoms with Crippen LogP contribution in [0.15, 0.2) is 23.3 Å². The van der Waals surface area contributed by atoms with Gasteiger partial charge in [0.1, 0.15) is 10.7 Å². The summed E-state index contributed by atoms with van der Waals surface area (Å²) in [5, 5.41) is 8.51. The van der Waals surface area contributed by atoms with Gasteiger partial charge >= 0.3 is 0 Å². The molecule has 3 atom stereocenters. The van der Waals surface area contributed by atoms with E-state index in [4.69, 9.17) is 0 Å². The van der Waals surface area contributed by atoms with Crippen molar-refractivity contribution in [2.75, 3.05) is 0 Å². The van der Waals surface area contributed by atoms with Crippen LogP contribution in [0, 0.1) is 13.8 Å². The number of nitrogens with zero attached hydrogens (tertiary/aromatic N) is 3. The number of aromatic nitrogens is 4. The first-order chi connectivity index (χ1) is 11.4. The van der Waals surface area contributed by atoms with Crippen molar-refractivity contribution in [3.8, 4) is 0 Å². The molecule has 0 saturated carbocycles. The van der Waals surface area contributed by atoms with Gasteiger partial charge in [-0.3, -0.25) is 9.48 Å². The molecule has 6 nitrogen and oxygen atoms in total. The molecule has 0 saturated heterocycles. The number of nitrogens with one attached hydrogen (secondary N) is 2. The summed E-state index contributed by atoms with van der Waals surface area (Å²) in [5.74, 6) is 0.674. The fourth-order valence-electron chi connectivity index (χ4n) is 2.84. The number of fused-ring (bicyclic) bond motifs is 1. The summed E-state index contributed by atoms with van der Waals surface area (Å²) >= 11 is 1.57. The van der Waals surface area contributed by atoms with E-state index < -0.39 is 0 Å². The summed E-state index contributed by atoms with van der Waals surface area (Å²) in [6.45, 7) is 10.2. The molecule has 7 heteroatoms. The van der Waals surface area contributed by atoms with E-state index in [1.807, 2.05) is 37.7 Å². The molecule has 0 radical (unpaired) electrons. The van der Waals surface area contributed by atoms with Gasteiger partial charge in [0.15, 0.2) is 0 Å². The van der Waals surface area contributed by atoms with Crippen molar-refractivity contribution in [2.24, 2.45) is 0 Å². The van der Waals surface area contributed by atoms with Crippen LogP contribution in [-0.4, -0.2) is 25.8 Å². The predicted octanol–water partition coefficient (Wildman–Crippen LogP) is 3.10. The highest BCUT2D eigenvalue weighted by molar-refractivity contribution is 7.18. The monoisotopic (exact) mass is 345 g/mol. The second-order valence-electron chi connectivity index (χ2n) is 6.32. The van der Waals surface area contributed by atoms with Gasteiger partial charge in [0.05, 0.1) is 17.5 Å². The fraction of sp³-hybridized carbons (Fsp3) is 0.471. The van der Waals surface area contributed by atoms with Gasteiger partial charge in [-0.1, -0.05) is 0 Å². The summed E-state index contributed by atoms with van der Waals surface area (Å²) in [6, 6.07) is 2.23. The molecule has 3 aromatic rings. The van der Waals surface area contributed by atoms with Crippen LogP contribution in [0.25, 0.3) is 10.2 Å². The average Bonchev–Trinajstić information content (AvgIpc) is 3.15. The Balaban J connectivity index is 1.83. The van der Waals surface area contributed by atoms with Crippen LogP contribution >= 0.6 is 11.3 Å². The molecule has 0 fully saturated rings. The van der Waals surface area contributed by atoms with E-state index in [-0.39, 0.29) is 23.7 Å². The number of hydrogen-bond donors (Lipinski definition) is 2. The lowest BCUT2D eigenvalue weighted by molar-refractivity contribution is 0.337. The van der Waals surface area contributed by atoms with Gasteiger partial charge in [0.25, 0.3) is 5.56 Å². The third kappa shape index (κ3) is 3.01. The van der Waals surface area contributed by atoms with Crippen molar-refractivity contribution < 1.29 is 0 Å². The quantitative estimate of drug-likeness (QED) is 0.745. The average molecular weight is 345 g/mol. The van der Waals surface area contributed by atoms with Crippen molar-refractivity contribution in [1.82, 2.24) is 25.1 Å². The van der Waals surface area contributed by atoms with E-state index in [1.165, 1.54) is 0 Å². The Kier molecular flexibility index (Phi) is 4.56. The molecule has 0 bridgehead atoms. The second kappa shape index (κ2) is 6.49. The number of aromatic amines is 1. The number of hydrogen-bond acceptors (Lipinski definition) is 5. The lowest BCUT2D eigenvalue weighted by atomic mass is 10.1. The van der Waals surface area contributed by atoms with Crippen molar-refractivity contribution in [3.63, 3.8) is 0 Å². The minimum atomic E-state index is -0.0576. The minimum Gasteiger partial charge on any atom is -0.309 e. The van der Waals surface area contributed by atoms with Gasteiger partial charge in [-0.05, 0) is 46.2 Å². The molecular formula is C17H23N5OS. The van der Waals surface area contributed by atoms with E-state index in [0.29, 0.717) is 11.2 Å². The maximum Gasteiger partial charge on any atom is 0.259 e. The maximum atomic E-state index is 12.4. The Hall–Kier alpha value is -1.99. The number of thiophene rings is 1. The van der Waals surface area contributed by atoms with Gasteiger partial charge in [0.2, 0.25) is 0 Å². The van der Waals surface area contributed by atoms with E-state index in [0.717, 1.165) is 15.3 Å². The summed E-state index contributed by atoms with van der Waals surface area (Å²) in [5.41, 5.74) is 0.967. The molecule has 3 rings (SSSR count). The van der Waals surface area contributed by atoms with Gasteiger partial charge in [-0.2, -0.15) is 5.10 Å². The first-order valence-corrected chi connectivity index (χ1v) is 8.95. The molecule has 2 N–H and O–H groups in total. The predicted molar refractivity (Wildman–Crippen MR) is 97.7 cm³/mol. The Labute approximate surface area is 144 Å². The third-order valence-corrected chi connectivity index (χ3v) is 5.75. The molecule has 3 heterocycles. The Morgan fingerprint density at radius 1 is 1.29 bits per heavy atom. The minimum absolute atomic E-state index is 0.0572. The zero-order valence-corrected chi connectivity index (χ0v) is 15.4. The highest BCUT2D eigenvalue weighted by atomic mass is 32.1. The number of aryl methyl sites for hydroxylation is 2. The lowest BCUT2D eigenvalue weighted by Gasteiger charge is -2.25. The first kappa shape index (κ1) is 16.9. The van der Waals surface area contributed by atoms with Crippen LogP contribution in [-0.2, 0) is 0 Å². The SMILES string of the molecule is Cc1sc2nc([C@H](C)N[C@@H](C)[C@@H](C)n3cccn3)[nH]c(=O)c2c1C. The molecule has 0 aliphatic heterocycles. The van der Waals surface area contributed by atoms with Crippen molar-refractivity contribution >= 4 is 21.6 Å². The third-order valence-electron chi connectivity index (χ3n) is 4.65. The molecule has 0 spiro atoms. The van der Waals surface area contributed by atoms with E-state index in [2.05, 4.69) is 34.2 Å². The summed E-state index contributed by atoms with van der Waals surface area (Å²) in [4.78, 5) is 22.0. The molecule has 0 aliphatic rings. The lowest BCUT2D eigenvalue weighted by Crippen LogP contribution is -2.36. The molecule has 128 valence electrons. The van der Waals surface area contributed by atoms with E-state index in [1.54, 1.807) is 17.5 Å². The van der Waals surface area contributed by atoms with Crippen LogP contribution < -0.4 is 10.9 Å². The van der Waals surface area contributed by atoms with Gasteiger partial charge in [0, 0.05) is 23.3 Å². The maximum absolute atomic E-state index is 12.4. The zero-order chi connectivity index (χ0) is 17.4. The standard InChI is InChI=1S/C17H23N5OS/c1-9-13(5)24-17-14(9)16(23)20-15(21-17)11(3)19-10(2)12(4)22-8-6-7-18-22/h6-8,10-12,19H,1-5H3,(H,20,21,23)/t10-,11-,12+/m0/s1. The van der Waals surface area contributed by atoms with Crippen LogP contribution in [0.5, 0.6) is 0 Å². The fourth-order valence-corrected chi connectivity index (χ4v) is 3.88. The highest BCUT2D eigenvalue weighted by Crippen LogP contribution is 2.26. The first-order valence-electron chi connectivity index (χ1n) is 8.13. The van der Waals surface area contributed by atoms with Gasteiger partial charge < -0.3 is 10.3 Å². The van der Waals surface area contributed by atoms with Crippen LogP contribution in [0.1, 0.15) is 49.1 Å². The number of H-pyrrole nitrogens is 1. The summed E-state index contributed by atoms with van der Waals surface area (Å²) in [7, 11) is 0. The van der Waals surface area contributed by atoms with Gasteiger partial charge in [-0.15, -0.1) is 11.3 Å². The molecular weight excluding hydrogens is 322 g/mol. The molecule has 0 unspecified atom stereocenters. The second-order valence-corrected chi connectivity index (χ2v) is 7.52.